The molecule has 0 bridgehead atoms. The van der Waals surface area contributed by atoms with Crippen LogP contribution < -0.4 is 5.73 Å². The first-order valence-corrected chi connectivity index (χ1v) is 4.88. The Morgan fingerprint density at radius 2 is 2.31 bits per heavy atom. The molecule has 8 nitrogen and oxygen atoms in total. The first-order chi connectivity index (χ1) is 7.68. The van der Waals surface area contributed by atoms with Gasteiger partial charge in [-0.1, -0.05) is 0 Å². The highest BCUT2D eigenvalue weighted by Gasteiger charge is 2.03. The fourth-order valence-electron chi connectivity index (χ4n) is 1.03. The third-order valence-corrected chi connectivity index (χ3v) is 1.80. The van der Waals surface area contributed by atoms with E-state index in [9.17, 15) is 4.79 Å². The lowest BCUT2D eigenvalue weighted by Gasteiger charge is -2.03. The molecule has 0 unspecified atom stereocenters. The number of esters is 1. The van der Waals surface area contributed by atoms with E-state index in [2.05, 4.69) is 15.5 Å². The number of nitrogens with zero attached hydrogens (tertiary/aromatic N) is 4. The Kier molecular flexibility index (Phi) is 4.90. The average Bonchev–Trinajstić information content (AvgIpc) is 2.70. The van der Waals surface area contributed by atoms with Crippen molar-refractivity contribution in [1.29, 1.82) is 5.41 Å². The number of amidine groups is 1. The van der Waals surface area contributed by atoms with Crippen molar-refractivity contribution in [3.63, 3.8) is 0 Å². The van der Waals surface area contributed by atoms with Gasteiger partial charge in [0.15, 0.2) is 0 Å². The number of nitrogens with two attached hydrogens (primary N) is 1. The predicted octanol–water partition coefficient (Wildman–Crippen LogP) is -0.677. The van der Waals surface area contributed by atoms with E-state index < -0.39 is 0 Å². The van der Waals surface area contributed by atoms with E-state index in [0.29, 0.717) is 19.4 Å². The Hall–Kier alpha value is -1.99. The number of tetrazole rings is 1. The number of aromatic nitrogens is 4. The van der Waals surface area contributed by atoms with Gasteiger partial charge < -0.3 is 10.5 Å². The van der Waals surface area contributed by atoms with Crippen LogP contribution in [0.2, 0.25) is 0 Å². The minimum atomic E-state index is -0.297. The molecule has 1 heterocycles. The Balaban J connectivity index is 2.04. The van der Waals surface area contributed by atoms with Crippen LogP contribution in [0.1, 0.15) is 19.3 Å². The minimum absolute atomic E-state index is 0.0847. The van der Waals surface area contributed by atoms with E-state index in [-0.39, 0.29) is 24.8 Å². The van der Waals surface area contributed by atoms with Crippen molar-refractivity contribution in [1.82, 2.24) is 20.2 Å². The molecule has 88 valence electrons. The molecule has 8 heteroatoms. The average molecular weight is 226 g/mol. The van der Waals surface area contributed by atoms with Crippen LogP contribution in [-0.4, -0.2) is 38.6 Å². The van der Waals surface area contributed by atoms with Crippen molar-refractivity contribution in [2.24, 2.45) is 5.73 Å². The Morgan fingerprint density at radius 3 is 2.94 bits per heavy atom. The molecular formula is C8H14N6O2. The molecule has 0 aliphatic rings. The summed E-state index contributed by atoms with van der Waals surface area (Å²) in [4.78, 5) is 11.2. The summed E-state index contributed by atoms with van der Waals surface area (Å²) in [5, 5.41) is 17.5. The first-order valence-electron chi connectivity index (χ1n) is 4.88. The molecule has 0 radical (unpaired) electrons. The second kappa shape index (κ2) is 6.49. The summed E-state index contributed by atoms with van der Waals surface area (Å²) in [6.07, 6.45) is 2.68. The lowest BCUT2D eigenvalue weighted by atomic mass is 10.2. The van der Waals surface area contributed by atoms with Crippen molar-refractivity contribution >= 4 is 11.8 Å². The van der Waals surface area contributed by atoms with E-state index in [4.69, 9.17) is 15.9 Å². The van der Waals surface area contributed by atoms with Gasteiger partial charge in [-0.15, -0.1) is 5.10 Å². The van der Waals surface area contributed by atoms with Gasteiger partial charge in [0, 0.05) is 12.8 Å². The van der Waals surface area contributed by atoms with E-state index in [1.807, 2.05) is 0 Å². The van der Waals surface area contributed by atoms with Crippen LogP contribution >= 0.6 is 0 Å². The number of rotatable bonds is 7. The summed E-state index contributed by atoms with van der Waals surface area (Å²) >= 11 is 0. The molecule has 16 heavy (non-hydrogen) atoms. The van der Waals surface area contributed by atoms with Crippen LogP contribution in [0.15, 0.2) is 6.33 Å². The number of carbonyl (C=O) groups excluding carboxylic acids is 1. The molecule has 0 aliphatic carbocycles. The summed E-state index contributed by atoms with van der Waals surface area (Å²) in [6.45, 7) is 0.676. The van der Waals surface area contributed by atoms with Gasteiger partial charge in [0.1, 0.15) is 12.9 Å². The summed E-state index contributed by atoms with van der Waals surface area (Å²) in [6, 6.07) is 0. The molecule has 0 amide bonds. The van der Waals surface area contributed by atoms with Crippen molar-refractivity contribution in [3.8, 4) is 0 Å². The number of ether oxygens (including phenoxy) is 1. The molecule has 3 N–H and O–H groups in total. The predicted molar refractivity (Wildman–Crippen MR) is 54.5 cm³/mol. The van der Waals surface area contributed by atoms with Gasteiger partial charge in [-0.25, -0.2) is 4.68 Å². The van der Waals surface area contributed by atoms with Crippen LogP contribution in [0.3, 0.4) is 0 Å². The molecule has 1 aromatic rings. The number of carbonyl (C=O) groups is 1. The first kappa shape index (κ1) is 12.1. The number of hydrogen-bond acceptors (Lipinski definition) is 6. The van der Waals surface area contributed by atoms with Crippen LogP contribution in [-0.2, 0) is 16.1 Å². The zero-order valence-corrected chi connectivity index (χ0v) is 8.80. The van der Waals surface area contributed by atoms with Crippen LogP contribution in [0.5, 0.6) is 0 Å². The van der Waals surface area contributed by atoms with Crippen molar-refractivity contribution in [3.05, 3.63) is 6.33 Å². The molecule has 0 aromatic carbocycles. The molecular weight excluding hydrogens is 212 g/mol. The van der Waals surface area contributed by atoms with E-state index in [0.717, 1.165) is 0 Å². The van der Waals surface area contributed by atoms with Gasteiger partial charge in [-0.05, 0) is 16.8 Å². The topological polar surface area (TPSA) is 120 Å². The lowest BCUT2D eigenvalue weighted by molar-refractivity contribution is -0.144. The molecule has 0 fully saturated rings. The highest BCUT2D eigenvalue weighted by molar-refractivity contribution is 5.77. The maximum Gasteiger partial charge on any atom is 0.305 e. The van der Waals surface area contributed by atoms with Gasteiger partial charge in [0.05, 0.1) is 12.4 Å². The third-order valence-electron chi connectivity index (χ3n) is 1.80. The quantitative estimate of drug-likeness (QED) is 0.361. The number of hydrogen-bond donors (Lipinski definition) is 2. The van der Waals surface area contributed by atoms with E-state index >= 15 is 0 Å². The zero-order valence-electron chi connectivity index (χ0n) is 8.80. The number of nitrogens with one attached hydrogen (secondary N) is 1. The second-order valence-corrected chi connectivity index (χ2v) is 3.17. The van der Waals surface area contributed by atoms with Gasteiger partial charge >= 0.3 is 5.97 Å². The minimum Gasteiger partial charge on any atom is -0.464 e. The van der Waals surface area contributed by atoms with Gasteiger partial charge in [0.2, 0.25) is 0 Å². The van der Waals surface area contributed by atoms with Crippen LogP contribution in [0.4, 0.5) is 0 Å². The molecule has 1 aromatic heterocycles. The molecule has 0 saturated carbocycles. The van der Waals surface area contributed by atoms with Crippen LogP contribution in [0.25, 0.3) is 0 Å². The zero-order chi connectivity index (χ0) is 11.8. The van der Waals surface area contributed by atoms with Gasteiger partial charge in [-0.2, -0.15) is 0 Å². The van der Waals surface area contributed by atoms with Gasteiger partial charge in [0.25, 0.3) is 0 Å². The van der Waals surface area contributed by atoms with Crippen molar-refractivity contribution in [2.75, 3.05) is 6.61 Å². The standard InChI is InChI=1S/C8H14N6O2/c9-7(10)2-1-3-8(15)16-5-4-14-6-11-12-13-14/h6H,1-5H2,(H3,9,10). The fraction of sp³-hybridized carbons (Fsp3) is 0.625. The van der Waals surface area contributed by atoms with E-state index in [1.54, 1.807) is 0 Å². The summed E-state index contributed by atoms with van der Waals surface area (Å²) in [5.74, 6) is -0.212. The summed E-state index contributed by atoms with van der Waals surface area (Å²) in [5.41, 5.74) is 5.15. The highest BCUT2D eigenvalue weighted by atomic mass is 16.5. The van der Waals surface area contributed by atoms with Crippen LogP contribution in [0, 0.1) is 5.41 Å². The largest absolute Gasteiger partial charge is 0.464 e. The monoisotopic (exact) mass is 226 g/mol. The maximum atomic E-state index is 11.2. The lowest BCUT2D eigenvalue weighted by Crippen LogP contribution is -2.13. The van der Waals surface area contributed by atoms with Crippen molar-refractivity contribution < 1.29 is 9.53 Å². The Labute approximate surface area is 92.3 Å². The molecule has 0 aliphatic heterocycles. The Bertz CT molecular complexity index is 336. The normalized spacial score (nSPS) is 10.0. The molecule has 1 rings (SSSR count). The SMILES string of the molecule is N=C(N)CCCC(=O)OCCn1cnnn1. The van der Waals surface area contributed by atoms with E-state index in [1.165, 1.54) is 11.0 Å². The summed E-state index contributed by atoms with van der Waals surface area (Å²) in [7, 11) is 0. The highest BCUT2D eigenvalue weighted by Crippen LogP contribution is 1.97. The Morgan fingerprint density at radius 1 is 1.50 bits per heavy atom. The fourth-order valence-corrected chi connectivity index (χ4v) is 1.03. The molecule has 0 spiro atoms. The molecule has 0 atom stereocenters. The summed E-state index contributed by atoms with van der Waals surface area (Å²) < 4.78 is 6.41. The third kappa shape index (κ3) is 5.03. The molecule has 0 saturated heterocycles. The second-order valence-electron chi connectivity index (χ2n) is 3.17. The van der Waals surface area contributed by atoms with Gasteiger partial charge in [-0.3, -0.25) is 10.2 Å². The maximum absolute atomic E-state index is 11.2. The smallest absolute Gasteiger partial charge is 0.305 e. The van der Waals surface area contributed by atoms with Crippen molar-refractivity contribution in [2.45, 2.75) is 25.8 Å².